The predicted molar refractivity (Wildman–Crippen MR) is 85.8 cm³/mol. The molecule has 0 atom stereocenters. The van der Waals surface area contributed by atoms with Crippen molar-refractivity contribution in [3.8, 4) is 0 Å². The van der Waals surface area contributed by atoms with E-state index in [1.54, 1.807) is 12.1 Å². The number of hydrogen-bond acceptors (Lipinski definition) is 3. The fourth-order valence-electron chi connectivity index (χ4n) is 2.39. The highest BCUT2D eigenvalue weighted by Crippen LogP contribution is 2.24. The summed E-state index contributed by atoms with van der Waals surface area (Å²) in [6.45, 7) is 4.99. The average Bonchev–Trinajstić information content (AvgIpc) is 2.48. The summed E-state index contributed by atoms with van der Waals surface area (Å²) in [7, 11) is 0. The van der Waals surface area contributed by atoms with E-state index < -0.39 is 0 Å². The van der Waals surface area contributed by atoms with Crippen molar-refractivity contribution in [2.45, 2.75) is 26.2 Å². The summed E-state index contributed by atoms with van der Waals surface area (Å²) in [6.07, 6.45) is 0.629. The van der Waals surface area contributed by atoms with Crippen molar-refractivity contribution in [2.75, 3.05) is 11.9 Å². The molecule has 110 valence electrons. The van der Waals surface area contributed by atoms with Gasteiger partial charge in [-0.05, 0) is 24.0 Å². The molecule has 21 heavy (non-hydrogen) atoms. The number of nitro groups is 1. The monoisotopic (exact) mass is 284 g/mol. The van der Waals surface area contributed by atoms with E-state index in [0.29, 0.717) is 18.9 Å². The Kier molecular flexibility index (Phi) is 4.93. The van der Waals surface area contributed by atoms with Crippen LogP contribution in [0.1, 0.15) is 30.9 Å². The van der Waals surface area contributed by atoms with Gasteiger partial charge in [-0.1, -0.05) is 50.2 Å². The largest absolute Gasteiger partial charge is 0.384 e. The van der Waals surface area contributed by atoms with Gasteiger partial charge in [0, 0.05) is 23.9 Å². The van der Waals surface area contributed by atoms with Crippen LogP contribution in [-0.4, -0.2) is 11.5 Å². The number of nitro benzene ring substituents is 1. The molecule has 0 saturated heterocycles. The van der Waals surface area contributed by atoms with E-state index in [9.17, 15) is 10.1 Å². The first kappa shape index (κ1) is 15.0. The van der Waals surface area contributed by atoms with Crippen molar-refractivity contribution in [1.82, 2.24) is 0 Å². The molecule has 2 aromatic carbocycles. The topological polar surface area (TPSA) is 55.2 Å². The first-order valence-corrected chi connectivity index (χ1v) is 7.14. The Hall–Kier alpha value is -2.36. The van der Waals surface area contributed by atoms with Crippen LogP contribution >= 0.6 is 0 Å². The molecule has 0 aliphatic carbocycles. The molecular formula is C17H20N2O2. The van der Waals surface area contributed by atoms with Crippen LogP contribution in [0.3, 0.4) is 0 Å². The molecule has 0 bridgehead atoms. The Labute approximate surface area is 125 Å². The summed E-state index contributed by atoms with van der Waals surface area (Å²) in [5, 5.41) is 14.4. The lowest BCUT2D eigenvalue weighted by Gasteiger charge is -2.14. The van der Waals surface area contributed by atoms with Crippen LogP contribution in [0.15, 0.2) is 48.5 Å². The van der Waals surface area contributed by atoms with Gasteiger partial charge < -0.3 is 5.32 Å². The molecule has 4 nitrogen and oxygen atoms in total. The molecule has 0 aliphatic heterocycles. The van der Waals surface area contributed by atoms with Crippen molar-refractivity contribution >= 4 is 11.4 Å². The van der Waals surface area contributed by atoms with Crippen LogP contribution in [0.5, 0.6) is 0 Å². The minimum Gasteiger partial charge on any atom is -0.384 e. The van der Waals surface area contributed by atoms with Gasteiger partial charge in [0.2, 0.25) is 0 Å². The molecule has 1 N–H and O–H groups in total. The van der Waals surface area contributed by atoms with Gasteiger partial charge in [-0.2, -0.15) is 0 Å². The number of nitrogens with one attached hydrogen (secondary N) is 1. The molecule has 0 fully saturated rings. The third kappa shape index (κ3) is 3.81. The highest BCUT2D eigenvalue weighted by molar-refractivity contribution is 5.52. The minimum atomic E-state index is -0.322. The minimum absolute atomic E-state index is 0.191. The SMILES string of the molecule is CC(C)c1ccccc1NCCc1ccccc1[N+](=O)[O-]. The number of anilines is 1. The zero-order valence-corrected chi connectivity index (χ0v) is 12.4. The van der Waals surface area contributed by atoms with Gasteiger partial charge in [0.25, 0.3) is 5.69 Å². The van der Waals surface area contributed by atoms with Crippen molar-refractivity contribution in [1.29, 1.82) is 0 Å². The van der Waals surface area contributed by atoms with Crippen molar-refractivity contribution in [3.63, 3.8) is 0 Å². The van der Waals surface area contributed by atoms with Crippen LogP contribution in [0.25, 0.3) is 0 Å². The molecule has 0 spiro atoms. The molecule has 0 heterocycles. The molecule has 0 saturated carbocycles. The van der Waals surface area contributed by atoms with Gasteiger partial charge in [0.15, 0.2) is 0 Å². The summed E-state index contributed by atoms with van der Waals surface area (Å²) in [4.78, 5) is 10.7. The second-order valence-electron chi connectivity index (χ2n) is 5.30. The smallest absolute Gasteiger partial charge is 0.272 e. The summed E-state index contributed by atoms with van der Waals surface area (Å²) in [5.41, 5.74) is 3.32. The average molecular weight is 284 g/mol. The summed E-state index contributed by atoms with van der Waals surface area (Å²) < 4.78 is 0. The molecule has 0 radical (unpaired) electrons. The predicted octanol–water partition coefficient (Wildman–Crippen LogP) is 4.37. The number of hydrogen-bond donors (Lipinski definition) is 1. The number of rotatable bonds is 6. The van der Waals surface area contributed by atoms with E-state index in [-0.39, 0.29) is 10.6 Å². The summed E-state index contributed by atoms with van der Waals surface area (Å²) in [5.74, 6) is 0.444. The van der Waals surface area contributed by atoms with Gasteiger partial charge in [-0.25, -0.2) is 0 Å². The fourth-order valence-corrected chi connectivity index (χ4v) is 2.39. The van der Waals surface area contributed by atoms with Gasteiger partial charge >= 0.3 is 0 Å². The Morgan fingerprint density at radius 3 is 2.48 bits per heavy atom. The Balaban J connectivity index is 2.04. The maximum absolute atomic E-state index is 11.0. The molecule has 0 aromatic heterocycles. The van der Waals surface area contributed by atoms with Crippen molar-refractivity contribution in [3.05, 3.63) is 69.8 Å². The third-order valence-corrected chi connectivity index (χ3v) is 3.48. The van der Waals surface area contributed by atoms with E-state index >= 15 is 0 Å². The van der Waals surface area contributed by atoms with Crippen LogP contribution in [0.4, 0.5) is 11.4 Å². The quantitative estimate of drug-likeness (QED) is 0.633. The highest BCUT2D eigenvalue weighted by atomic mass is 16.6. The van der Waals surface area contributed by atoms with E-state index in [4.69, 9.17) is 0 Å². The summed E-state index contributed by atoms with van der Waals surface area (Å²) in [6, 6.07) is 15.1. The fraction of sp³-hybridized carbons (Fsp3) is 0.294. The van der Waals surface area contributed by atoms with E-state index in [1.165, 1.54) is 5.56 Å². The normalized spacial score (nSPS) is 10.6. The molecule has 2 rings (SSSR count). The lowest BCUT2D eigenvalue weighted by atomic mass is 10.0. The molecule has 0 aliphatic rings. The van der Waals surface area contributed by atoms with Crippen LogP contribution < -0.4 is 5.32 Å². The maximum atomic E-state index is 11.0. The Morgan fingerprint density at radius 2 is 1.76 bits per heavy atom. The molecule has 4 heteroatoms. The first-order valence-electron chi connectivity index (χ1n) is 7.14. The first-order chi connectivity index (χ1) is 10.1. The number of nitrogens with zero attached hydrogens (tertiary/aromatic N) is 1. The zero-order valence-electron chi connectivity index (χ0n) is 12.4. The molecular weight excluding hydrogens is 264 g/mol. The number of para-hydroxylation sites is 2. The number of benzene rings is 2. The maximum Gasteiger partial charge on any atom is 0.272 e. The van der Waals surface area contributed by atoms with Crippen LogP contribution in [-0.2, 0) is 6.42 Å². The summed E-state index contributed by atoms with van der Waals surface area (Å²) >= 11 is 0. The van der Waals surface area contributed by atoms with E-state index in [2.05, 4.69) is 31.3 Å². The second-order valence-corrected chi connectivity index (χ2v) is 5.30. The molecule has 0 unspecified atom stereocenters. The van der Waals surface area contributed by atoms with Crippen molar-refractivity contribution < 1.29 is 4.92 Å². The third-order valence-electron chi connectivity index (χ3n) is 3.48. The van der Waals surface area contributed by atoms with Gasteiger partial charge in [-0.15, -0.1) is 0 Å². The van der Waals surface area contributed by atoms with Gasteiger partial charge in [0.1, 0.15) is 0 Å². The zero-order chi connectivity index (χ0) is 15.2. The second kappa shape index (κ2) is 6.88. The van der Waals surface area contributed by atoms with Crippen LogP contribution in [0.2, 0.25) is 0 Å². The van der Waals surface area contributed by atoms with Crippen LogP contribution in [0, 0.1) is 10.1 Å². The lowest BCUT2D eigenvalue weighted by molar-refractivity contribution is -0.385. The molecule has 2 aromatic rings. The van der Waals surface area contributed by atoms with Gasteiger partial charge in [0.05, 0.1) is 4.92 Å². The molecule has 0 amide bonds. The van der Waals surface area contributed by atoms with Crippen molar-refractivity contribution in [2.24, 2.45) is 0 Å². The Morgan fingerprint density at radius 1 is 1.10 bits per heavy atom. The lowest BCUT2D eigenvalue weighted by Crippen LogP contribution is -2.08. The Bertz CT molecular complexity index is 624. The van der Waals surface area contributed by atoms with E-state index in [1.807, 2.05) is 24.3 Å². The highest BCUT2D eigenvalue weighted by Gasteiger charge is 2.12. The van der Waals surface area contributed by atoms with E-state index in [0.717, 1.165) is 11.3 Å². The standard InChI is InChI=1S/C17H20N2O2/c1-13(2)15-8-4-5-9-16(15)18-12-11-14-7-3-6-10-17(14)19(20)21/h3-10,13,18H,11-12H2,1-2H3. The van der Waals surface area contributed by atoms with Gasteiger partial charge in [-0.3, -0.25) is 10.1 Å².